The third-order valence-electron chi connectivity index (χ3n) is 5.99. The van der Waals surface area contributed by atoms with Gasteiger partial charge in [0.05, 0.1) is 6.10 Å². The number of carbonyl (C=O) groups is 1. The predicted octanol–water partition coefficient (Wildman–Crippen LogP) is 2.87. The summed E-state index contributed by atoms with van der Waals surface area (Å²) in [5, 5.41) is 12.7. The van der Waals surface area contributed by atoms with Crippen LogP contribution in [0.3, 0.4) is 0 Å². The number of aliphatic hydroxyl groups excluding tert-OH is 1. The molecular weight excluding hydrogens is 250 g/mol. The lowest BCUT2D eigenvalue weighted by Gasteiger charge is -2.38. The van der Waals surface area contributed by atoms with Gasteiger partial charge in [0.25, 0.3) is 0 Å². The van der Waals surface area contributed by atoms with Gasteiger partial charge in [0.15, 0.2) is 0 Å². The van der Waals surface area contributed by atoms with Crippen molar-refractivity contribution in [2.45, 2.75) is 70.3 Å². The summed E-state index contributed by atoms with van der Waals surface area (Å²) in [5.41, 5.74) is 0. The second-order valence-electron chi connectivity index (χ2n) is 7.39. The van der Waals surface area contributed by atoms with Crippen molar-refractivity contribution in [3.8, 4) is 0 Å². The van der Waals surface area contributed by atoms with E-state index in [-0.39, 0.29) is 17.9 Å². The molecule has 3 rings (SSSR count). The van der Waals surface area contributed by atoms with E-state index in [0.717, 1.165) is 50.5 Å². The summed E-state index contributed by atoms with van der Waals surface area (Å²) >= 11 is 0. The monoisotopic (exact) mass is 279 g/mol. The maximum atomic E-state index is 12.3. The van der Waals surface area contributed by atoms with E-state index < -0.39 is 0 Å². The Balaban J connectivity index is 1.43. The quantitative estimate of drug-likeness (QED) is 0.834. The molecule has 0 saturated heterocycles. The molecule has 5 atom stereocenters. The fourth-order valence-corrected chi connectivity index (χ4v) is 4.73. The van der Waals surface area contributed by atoms with E-state index in [1.165, 1.54) is 32.1 Å². The Hall–Kier alpha value is -0.570. The first-order valence-electron chi connectivity index (χ1n) is 8.68. The molecule has 114 valence electrons. The van der Waals surface area contributed by atoms with Gasteiger partial charge in [-0.2, -0.15) is 0 Å². The maximum absolute atomic E-state index is 12.3. The summed E-state index contributed by atoms with van der Waals surface area (Å²) in [6.45, 7) is 0.778. The number of hydrogen-bond donors (Lipinski definition) is 2. The first kappa shape index (κ1) is 14.4. The number of nitrogens with one attached hydrogen (secondary N) is 1. The molecule has 20 heavy (non-hydrogen) atoms. The van der Waals surface area contributed by atoms with E-state index in [9.17, 15) is 9.90 Å². The van der Waals surface area contributed by atoms with Gasteiger partial charge in [0.2, 0.25) is 5.91 Å². The fraction of sp³-hybridized carbons (Fsp3) is 0.941. The van der Waals surface area contributed by atoms with Crippen LogP contribution in [-0.4, -0.2) is 23.7 Å². The zero-order valence-electron chi connectivity index (χ0n) is 12.5. The first-order valence-corrected chi connectivity index (χ1v) is 8.68. The molecule has 3 saturated carbocycles. The largest absolute Gasteiger partial charge is 0.393 e. The summed E-state index contributed by atoms with van der Waals surface area (Å²) in [7, 11) is 0. The molecule has 1 amide bonds. The minimum atomic E-state index is -0.130. The molecule has 0 spiro atoms. The van der Waals surface area contributed by atoms with Crippen LogP contribution >= 0.6 is 0 Å². The third-order valence-corrected chi connectivity index (χ3v) is 5.99. The molecule has 0 aliphatic heterocycles. The second kappa shape index (κ2) is 6.46. The molecular formula is C17H29NO2. The van der Waals surface area contributed by atoms with Crippen LogP contribution in [0.15, 0.2) is 0 Å². The Kier molecular flexibility index (Phi) is 4.65. The highest BCUT2D eigenvalue weighted by atomic mass is 16.3. The third kappa shape index (κ3) is 3.36. The average Bonchev–Trinajstić information content (AvgIpc) is 2.90. The molecule has 2 N–H and O–H groups in total. The summed E-state index contributed by atoms with van der Waals surface area (Å²) in [6.07, 6.45) is 11.7. The Labute approximate surface area is 122 Å². The fourth-order valence-electron chi connectivity index (χ4n) is 4.73. The van der Waals surface area contributed by atoms with Gasteiger partial charge in [-0.25, -0.2) is 0 Å². The number of carbonyl (C=O) groups excluding carboxylic acids is 1. The van der Waals surface area contributed by atoms with Crippen LogP contribution in [0.2, 0.25) is 0 Å². The van der Waals surface area contributed by atoms with Crippen molar-refractivity contribution in [2.75, 3.05) is 6.54 Å². The van der Waals surface area contributed by atoms with Crippen LogP contribution in [-0.2, 0) is 4.79 Å². The molecule has 3 aliphatic rings. The van der Waals surface area contributed by atoms with Crippen LogP contribution in [0.4, 0.5) is 0 Å². The first-order chi connectivity index (χ1) is 9.72. The van der Waals surface area contributed by atoms with Gasteiger partial charge >= 0.3 is 0 Å². The lowest BCUT2D eigenvalue weighted by molar-refractivity contribution is -0.127. The van der Waals surface area contributed by atoms with Crippen molar-refractivity contribution in [1.29, 1.82) is 0 Å². The minimum Gasteiger partial charge on any atom is -0.393 e. The summed E-state index contributed by atoms with van der Waals surface area (Å²) < 4.78 is 0. The standard InChI is InChI=1S/C17H29NO2/c19-16-8-5-12(9-16)11-18-17(20)15-7-6-13-3-1-2-4-14(13)10-15/h12-16,19H,1-11H2,(H,18,20). The van der Waals surface area contributed by atoms with E-state index >= 15 is 0 Å². The van der Waals surface area contributed by atoms with E-state index in [4.69, 9.17) is 0 Å². The molecule has 0 aromatic rings. The summed E-state index contributed by atoms with van der Waals surface area (Å²) in [5.74, 6) is 2.79. The predicted molar refractivity (Wildman–Crippen MR) is 79.1 cm³/mol. The number of hydrogen-bond acceptors (Lipinski definition) is 2. The normalized spacial score (nSPS) is 41.1. The number of rotatable bonds is 3. The van der Waals surface area contributed by atoms with Gasteiger partial charge in [0.1, 0.15) is 0 Å². The minimum absolute atomic E-state index is 0.130. The SMILES string of the molecule is O=C(NCC1CCC(O)C1)C1CCC2CCCCC2C1. The molecule has 3 heteroatoms. The van der Waals surface area contributed by atoms with Crippen LogP contribution in [0.1, 0.15) is 64.2 Å². The zero-order valence-corrected chi connectivity index (χ0v) is 12.5. The van der Waals surface area contributed by atoms with Crippen molar-refractivity contribution in [2.24, 2.45) is 23.7 Å². The maximum Gasteiger partial charge on any atom is 0.223 e. The Morgan fingerprint density at radius 2 is 1.75 bits per heavy atom. The highest BCUT2D eigenvalue weighted by Crippen LogP contribution is 2.42. The van der Waals surface area contributed by atoms with Crippen molar-refractivity contribution in [3.05, 3.63) is 0 Å². The van der Waals surface area contributed by atoms with Crippen LogP contribution in [0.25, 0.3) is 0 Å². The van der Waals surface area contributed by atoms with Crippen LogP contribution in [0.5, 0.6) is 0 Å². The van der Waals surface area contributed by atoms with Crippen molar-refractivity contribution >= 4 is 5.91 Å². The molecule has 0 bridgehead atoms. The van der Waals surface area contributed by atoms with Gasteiger partial charge in [-0.1, -0.05) is 25.7 Å². The van der Waals surface area contributed by atoms with Gasteiger partial charge in [-0.15, -0.1) is 0 Å². The van der Waals surface area contributed by atoms with Crippen LogP contribution in [0, 0.1) is 23.7 Å². The van der Waals surface area contributed by atoms with Crippen LogP contribution < -0.4 is 5.32 Å². The smallest absolute Gasteiger partial charge is 0.223 e. The average molecular weight is 279 g/mol. The summed E-state index contributed by atoms with van der Waals surface area (Å²) in [6, 6.07) is 0. The lowest BCUT2D eigenvalue weighted by atomic mass is 9.67. The number of amides is 1. The van der Waals surface area contributed by atoms with Gasteiger partial charge < -0.3 is 10.4 Å². The highest BCUT2D eigenvalue weighted by Gasteiger charge is 2.35. The van der Waals surface area contributed by atoms with E-state index in [1.807, 2.05) is 0 Å². The number of fused-ring (bicyclic) bond motifs is 1. The Morgan fingerprint density at radius 1 is 0.950 bits per heavy atom. The van der Waals surface area contributed by atoms with Gasteiger partial charge in [0, 0.05) is 12.5 Å². The van der Waals surface area contributed by atoms with Gasteiger partial charge in [-0.3, -0.25) is 4.79 Å². The molecule has 0 heterocycles. The molecule has 0 aromatic heterocycles. The van der Waals surface area contributed by atoms with E-state index in [0.29, 0.717) is 5.92 Å². The molecule has 5 unspecified atom stereocenters. The molecule has 3 aliphatic carbocycles. The number of aliphatic hydroxyl groups is 1. The van der Waals surface area contributed by atoms with E-state index in [2.05, 4.69) is 5.32 Å². The van der Waals surface area contributed by atoms with Crippen molar-refractivity contribution in [3.63, 3.8) is 0 Å². The van der Waals surface area contributed by atoms with Gasteiger partial charge in [-0.05, 0) is 56.3 Å². The lowest BCUT2D eigenvalue weighted by Crippen LogP contribution is -2.38. The van der Waals surface area contributed by atoms with Crippen molar-refractivity contribution < 1.29 is 9.90 Å². The Bertz CT molecular complexity index is 344. The highest BCUT2D eigenvalue weighted by molar-refractivity contribution is 5.78. The topological polar surface area (TPSA) is 49.3 Å². The zero-order chi connectivity index (χ0) is 13.9. The second-order valence-corrected chi connectivity index (χ2v) is 7.39. The Morgan fingerprint density at radius 3 is 2.50 bits per heavy atom. The molecule has 3 fully saturated rings. The van der Waals surface area contributed by atoms with Crippen molar-refractivity contribution in [1.82, 2.24) is 5.32 Å². The molecule has 0 radical (unpaired) electrons. The molecule has 3 nitrogen and oxygen atoms in total. The summed E-state index contributed by atoms with van der Waals surface area (Å²) in [4.78, 5) is 12.3. The molecule has 0 aromatic carbocycles. The van der Waals surface area contributed by atoms with E-state index in [1.54, 1.807) is 0 Å².